The summed E-state index contributed by atoms with van der Waals surface area (Å²) in [6.45, 7) is 4.81. The molecule has 0 bridgehead atoms. The van der Waals surface area contributed by atoms with Gasteiger partial charge in [0.05, 0.1) is 10.7 Å². The van der Waals surface area contributed by atoms with E-state index >= 15 is 0 Å². The van der Waals surface area contributed by atoms with Crippen LogP contribution in [0.2, 0.25) is 0 Å². The highest BCUT2D eigenvalue weighted by Crippen LogP contribution is 2.31. The second kappa shape index (κ2) is 5.80. The number of hydrogen-bond acceptors (Lipinski definition) is 3. The number of nitrogens with zero attached hydrogens (tertiary/aromatic N) is 1. The van der Waals surface area contributed by atoms with Crippen LogP contribution in [0.15, 0.2) is 29.6 Å². The molecule has 102 valence electrons. The zero-order valence-corrected chi connectivity index (χ0v) is 12.1. The Morgan fingerprint density at radius 1 is 1.32 bits per heavy atom. The summed E-state index contributed by atoms with van der Waals surface area (Å²) in [4.78, 5) is 4.61. The SMILES string of the molecule is CC(C)(Cc1ccccc1F)c1nc(CCN)cs1. The van der Waals surface area contributed by atoms with Crippen LogP contribution in [0.4, 0.5) is 4.39 Å². The highest BCUT2D eigenvalue weighted by molar-refractivity contribution is 7.09. The van der Waals surface area contributed by atoms with Gasteiger partial charge in [0.15, 0.2) is 0 Å². The maximum absolute atomic E-state index is 13.7. The fourth-order valence-electron chi connectivity index (χ4n) is 2.07. The number of aromatic nitrogens is 1. The lowest BCUT2D eigenvalue weighted by atomic mass is 9.86. The van der Waals surface area contributed by atoms with Gasteiger partial charge in [-0.3, -0.25) is 0 Å². The molecule has 1 aromatic heterocycles. The number of benzene rings is 1. The molecule has 4 heteroatoms. The Morgan fingerprint density at radius 3 is 2.74 bits per heavy atom. The number of nitrogens with two attached hydrogens (primary N) is 1. The summed E-state index contributed by atoms with van der Waals surface area (Å²) in [5.41, 5.74) is 7.14. The molecule has 0 saturated heterocycles. The van der Waals surface area contributed by atoms with Gasteiger partial charge in [0.2, 0.25) is 0 Å². The number of halogens is 1. The Balaban J connectivity index is 2.19. The zero-order chi connectivity index (χ0) is 13.9. The molecule has 0 unspecified atom stereocenters. The van der Waals surface area contributed by atoms with Gasteiger partial charge in [-0.1, -0.05) is 32.0 Å². The molecule has 19 heavy (non-hydrogen) atoms. The molecule has 2 rings (SSSR count). The minimum absolute atomic E-state index is 0.144. The molecule has 0 fully saturated rings. The third kappa shape index (κ3) is 3.39. The van der Waals surface area contributed by atoms with Crippen LogP contribution in [0, 0.1) is 5.82 Å². The highest BCUT2D eigenvalue weighted by Gasteiger charge is 2.25. The van der Waals surface area contributed by atoms with E-state index < -0.39 is 0 Å². The van der Waals surface area contributed by atoms with Gasteiger partial charge in [-0.25, -0.2) is 9.37 Å². The molecule has 0 aliphatic heterocycles. The smallest absolute Gasteiger partial charge is 0.126 e. The van der Waals surface area contributed by atoms with Gasteiger partial charge in [0.1, 0.15) is 5.82 Å². The molecular formula is C15H19FN2S. The summed E-state index contributed by atoms with van der Waals surface area (Å²) in [6, 6.07) is 6.93. The molecule has 0 saturated carbocycles. The van der Waals surface area contributed by atoms with Crippen molar-refractivity contribution in [2.75, 3.05) is 6.54 Å². The van der Waals surface area contributed by atoms with Crippen LogP contribution in [0.1, 0.15) is 30.1 Å². The molecule has 0 atom stereocenters. The Morgan fingerprint density at radius 2 is 2.05 bits per heavy atom. The van der Waals surface area contributed by atoms with E-state index in [-0.39, 0.29) is 11.2 Å². The molecule has 0 radical (unpaired) electrons. The predicted molar refractivity (Wildman–Crippen MR) is 78.0 cm³/mol. The summed E-state index contributed by atoms with van der Waals surface area (Å²) in [6.07, 6.45) is 1.45. The van der Waals surface area contributed by atoms with Crippen molar-refractivity contribution < 1.29 is 4.39 Å². The molecule has 0 amide bonds. The van der Waals surface area contributed by atoms with E-state index in [1.54, 1.807) is 17.4 Å². The Hall–Kier alpha value is -1.26. The first-order valence-corrected chi connectivity index (χ1v) is 7.29. The van der Waals surface area contributed by atoms with Crippen molar-refractivity contribution in [3.8, 4) is 0 Å². The van der Waals surface area contributed by atoms with E-state index in [0.717, 1.165) is 22.7 Å². The van der Waals surface area contributed by atoms with Crippen molar-refractivity contribution in [1.82, 2.24) is 4.98 Å². The lowest BCUT2D eigenvalue weighted by molar-refractivity contribution is 0.497. The fourth-order valence-corrected chi connectivity index (χ4v) is 3.05. The number of thiazole rings is 1. The van der Waals surface area contributed by atoms with Crippen molar-refractivity contribution in [2.24, 2.45) is 5.73 Å². The fraction of sp³-hybridized carbons (Fsp3) is 0.400. The van der Waals surface area contributed by atoms with Crippen molar-refractivity contribution in [1.29, 1.82) is 0 Å². The average Bonchev–Trinajstić information content (AvgIpc) is 2.82. The van der Waals surface area contributed by atoms with Crippen LogP contribution in [0.25, 0.3) is 0 Å². The van der Waals surface area contributed by atoms with Crippen LogP contribution in [0.5, 0.6) is 0 Å². The van der Waals surface area contributed by atoms with Gasteiger partial charge in [0, 0.05) is 17.2 Å². The molecule has 0 aliphatic rings. The predicted octanol–water partition coefficient (Wildman–Crippen LogP) is 3.30. The molecule has 2 aromatic rings. The summed E-state index contributed by atoms with van der Waals surface area (Å²) in [7, 11) is 0. The molecule has 0 spiro atoms. The Kier molecular flexibility index (Phi) is 4.32. The first-order valence-electron chi connectivity index (χ1n) is 6.41. The largest absolute Gasteiger partial charge is 0.330 e. The van der Waals surface area contributed by atoms with Gasteiger partial charge in [-0.15, -0.1) is 11.3 Å². The van der Waals surface area contributed by atoms with Crippen molar-refractivity contribution in [2.45, 2.75) is 32.1 Å². The van der Waals surface area contributed by atoms with Gasteiger partial charge >= 0.3 is 0 Å². The van der Waals surface area contributed by atoms with E-state index in [0.29, 0.717) is 13.0 Å². The molecule has 1 aromatic carbocycles. The molecule has 0 aliphatic carbocycles. The van der Waals surface area contributed by atoms with E-state index in [1.165, 1.54) is 6.07 Å². The summed E-state index contributed by atoms with van der Waals surface area (Å²) in [5.74, 6) is -0.144. The summed E-state index contributed by atoms with van der Waals surface area (Å²) < 4.78 is 13.7. The van der Waals surface area contributed by atoms with Gasteiger partial charge in [0.25, 0.3) is 0 Å². The maximum Gasteiger partial charge on any atom is 0.126 e. The molecule has 2 nitrogen and oxygen atoms in total. The third-order valence-electron chi connectivity index (χ3n) is 3.12. The minimum Gasteiger partial charge on any atom is -0.330 e. The molecular weight excluding hydrogens is 259 g/mol. The second-order valence-corrected chi connectivity index (χ2v) is 6.19. The lowest BCUT2D eigenvalue weighted by Crippen LogP contribution is -2.21. The normalized spacial score (nSPS) is 11.8. The average molecular weight is 278 g/mol. The first-order chi connectivity index (χ1) is 9.03. The van der Waals surface area contributed by atoms with Crippen LogP contribution in [-0.2, 0) is 18.3 Å². The summed E-state index contributed by atoms with van der Waals surface area (Å²) >= 11 is 1.63. The van der Waals surface area contributed by atoms with Crippen molar-refractivity contribution in [3.05, 3.63) is 51.7 Å². The first kappa shape index (κ1) is 14.2. The monoisotopic (exact) mass is 278 g/mol. The topological polar surface area (TPSA) is 38.9 Å². The third-order valence-corrected chi connectivity index (χ3v) is 4.38. The van der Waals surface area contributed by atoms with Crippen molar-refractivity contribution in [3.63, 3.8) is 0 Å². The van der Waals surface area contributed by atoms with Crippen LogP contribution in [0.3, 0.4) is 0 Å². The van der Waals surface area contributed by atoms with Crippen molar-refractivity contribution >= 4 is 11.3 Å². The van der Waals surface area contributed by atoms with Gasteiger partial charge < -0.3 is 5.73 Å². The van der Waals surface area contributed by atoms with Gasteiger partial charge in [-0.2, -0.15) is 0 Å². The quantitative estimate of drug-likeness (QED) is 0.911. The maximum atomic E-state index is 13.7. The highest BCUT2D eigenvalue weighted by atomic mass is 32.1. The second-order valence-electron chi connectivity index (χ2n) is 5.33. The Bertz CT molecular complexity index is 549. The standard InChI is InChI=1S/C15H19FN2S/c1-15(2,9-11-5-3-4-6-13(11)16)14-18-12(7-8-17)10-19-14/h3-6,10H,7-9,17H2,1-2H3. The van der Waals surface area contributed by atoms with Crippen LogP contribution in [-0.4, -0.2) is 11.5 Å². The molecule has 2 N–H and O–H groups in total. The minimum atomic E-state index is -0.167. The van der Waals surface area contributed by atoms with E-state index in [1.807, 2.05) is 17.5 Å². The van der Waals surface area contributed by atoms with E-state index in [9.17, 15) is 4.39 Å². The molecule has 1 heterocycles. The number of hydrogen-bond donors (Lipinski definition) is 1. The van der Waals surface area contributed by atoms with Crippen LogP contribution >= 0.6 is 11.3 Å². The number of rotatable bonds is 5. The Labute approximate surface area is 117 Å². The summed E-state index contributed by atoms with van der Waals surface area (Å²) in [5, 5.41) is 3.09. The van der Waals surface area contributed by atoms with E-state index in [2.05, 4.69) is 18.8 Å². The van der Waals surface area contributed by atoms with Crippen LogP contribution < -0.4 is 5.73 Å². The van der Waals surface area contributed by atoms with E-state index in [4.69, 9.17) is 5.73 Å². The van der Waals surface area contributed by atoms with Gasteiger partial charge in [-0.05, 0) is 24.6 Å². The lowest BCUT2D eigenvalue weighted by Gasteiger charge is -2.22. The zero-order valence-electron chi connectivity index (χ0n) is 11.3.